The van der Waals surface area contributed by atoms with Gasteiger partial charge in [-0.2, -0.15) is 0 Å². The Labute approximate surface area is 161 Å². The first-order valence-electron chi connectivity index (χ1n) is 9.28. The molecule has 0 unspecified atom stereocenters. The van der Waals surface area contributed by atoms with Crippen LogP contribution in [0.25, 0.3) is 0 Å². The van der Waals surface area contributed by atoms with Crippen molar-refractivity contribution in [3.05, 3.63) is 72.1 Å². The van der Waals surface area contributed by atoms with Crippen molar-refractivity contribution in [3.8, 4) is 0 Å². The van der Waals surface area contributed by atoms with Crippen molar-refractivity contribution in [1.82, 2.24) is 9.97 Å². The zero-order valence-electron chi connectivity index (χ0n) is 16.2. The van der Waals surface area contributed by atoms with Gasteiger partial charge in [-0.3, -0.25) is 0 Å². The van der Waals surface area contributed by atoms with Crippen LogP contribution >= 0.6 is 0 Å². The first-order valence-corrected chi connectivity index (χ1v) is 9.28. The molecule has 0 aliphatic heterocycles. The van der Waals surface area contributed by atoms with Crippen molar-refractivity contribution in [2.45, 2.75) is 19.8 Å². The standard InChI is InChI=1S/C22H27N5/c1-17-24-21(23-15-7-10-18-8-5-4-6-9-18)16-22(25-17)26-19-11-13-20(14-12-19)27(2)3/h4-6,8-9,11-14,16H,7,10,15H2,1-3H3,(H2,23,24,25,26). The second-order valence-electron chi connectivity index (χ2n) is 6.77. The van der Waals surface area contributed by atoms with E-state index in [9.17, 15) is 0 Å². The highest BCUT2D eigenvalue weighted by molar-refractivity contribution is 5.62. The molecule has 0 atom stereocenters. The van der Waals surface area contributed by atoms with Gasteiger partial charge in [0.15, 0.2) is 0 Å². The van der Waals surface area contributed by atoms with Crippen molar-refractivity contribution in [3.63, 3.8) is 0 Å². The fraction of sp³-hybridized carbons (Fsp3) is 0.273. The maximum Gasteiger partial charge on any atom is 0.136 e. The molecule has 0 amide bonds. The van der Waals surface area contributed by atoms with Crippen LogP contribution in [0.2, 0.25) is 0 Å². The highest BCUT2D eigenvalue weighted by atomic mass is 15.1. The molecule has 3 aromatic rings. The van der Waals surface area contributed by atoms with Gasteiger partial charge >= 0.3 is 0 Å². The summed E-state index contributed by atoms with van der Waals surface area (Å²) in [6.45, 7) is 2.79. The highest BCUT2D eigenvalue weighted by Crippen LogP contribution is 2.20. The third-order valence-electron chi connectivity index (χ3n) is 4.29. The van der Waals surface area contributed by atoms with E-state index in [0.717, 1.165) is 42.5 Å². The molecule has 1 aromatic heterocycles. The number of rotatable bonds is 8. The van der Waals surface area contributed by atoms with Gasteiger partial charge in [0.25, 0.3) is 0 Å². The van der Waals surface area contributed by atoms with Crippen molar-refractivity contribution in [2.75, 3.05) is 36.2 Å². The summed E-state index contributed by atoms with van der Waals surface area (Å²) in [5, 5.41) is 6.77. The fourth-order valence-corrected chi connectivity index (χ4v) is 2.87. The van der Waals surface area contributed by atoms with Crippen molar-refractivity contribution < 1.29 is 0 Å². The summed E-state index contributed by atoms with van der Waals surface area (Å²) in [6, 6.07) is 20.8. The molecule has 140 valence electrons. The van der Waals surface area contributed by atoms with Gasteiger partial charge in [-0.15, -0.1) is 0 Å². The van der Waals surface area contributed by atoms with Crippen LogP contribution < -0.4 is 15.5 Å². The van der Waals surface area contributed by atoms with E-state index in [1.807, 2.05) is 33.2 Å². The smallest absolute Gasteiger partial charge is 0.136 e. The number of nitrogens with zero attached hydrogens (tertiary/aromatic N) is 3. The predicted octanol–water partition coefficient (Wildman–Crippen LogP) is 4.64. The van der Waals surface area contributed by atoms with Gasteiger partial charge in [0.2, 0.25) is 0 Å². The summed E-state index contributed by atoms with van der Waals surface area (Å²) >= 11 is 0. The maximum atomic E-state index is 4.49. The lowest BCUT2D eigenvalue weighted by Crippen LogP contribution is -2.08. The second-order valence-corrected chi connectivity index (χ2v) is 6.77. The van der Waals surface area contributed by atoms with Gasteiger partial charge in [0, 0.05) is 38.1 Å². The molecule has 0 fully saturated rings. The van der Waals surface area contributed by atoms with Gasteiger partial charge < -0.3 is 15.5 Å². The minimum absolute atomic E-state index is 0.746. The number of benzene rings is 2. The van der Waals surface area contributed by atoms with Crippen LogP contribution in [0, 0.1) is 6.92 Å². The molecule has 0 aliphatic carbocycles. The van der Waals surface area contributed by atoms with E-state index < -0.39 is 0 Å². The van der Waals surface area contributed by atoms with Gasteiger partial charge in [-0.25, -0.2) is 9.97 Å². The van der Waals surface area contributed by atoms with Crippen LogP contribution in [0.4, 0.5) is 23.0 Å². The second kappa shape index (κ2) is 9.03. The fourth-order valence-electron chi connectivity index (χ4n) is 2.87. The van der Waals surface area contributed by atoms with Crippen LogP contribution in [0.5, 0.6) is 0 Å². The predicted molar refractivity (Wildman–Crippen MR) is 114 cm³/mol. The van der Waals surface area contributed by atoms with Gasteiger partial charge in [-0.1, -0.05) is 30.3 Å². The molecule has 0 spiro atoms. The molecule has 27 heavy (non-hydrogen) atoms. The molecule has 0 aliphatic rings. The third-order valence-corrected chi connectivity index (χ3v) is 4.29. The lowest BCUT2D eigenvalue weighted by molar-refractivity contribution is 0.856. The first-order chi connectivity index (χ1) is 13.1. The number of aryl methyl sites for hydroxylation is 2. The Bertz CT molecular complexity index is 844. The lowest BCUT2D eigenvalue weighted by atomic mass is 10.1. The molecular formula is C22H27N5. The van der Waals surface area contributed by atoms with Gasteiger partial charge in [0.05, 0.1) is 0 Å². The molecule has 0 saturated heterocycles. The minimum Gasteiger partial charge on any atom is -0.378 e. The lowest BCUT2D eigenvalue weighted by Gasteiger charge is -2.14. The Morgan fingerprint density at radius 3 is 2.30 bits per heavy atom. The van der Waals surface area contributed by atoms with E-state index in [4.69, 9.17) is 0 Å². The van der Waals surface area contributed by atoms with E-state index >= 15 is 0 Å². The number of hydrogen-bond donors (Lipinski definition) is 2. The highest BCUT2D eigenvalue weighted by Gasteiger charge is 2.03. The summed E-state index contributed by atoms with van der Waals surface area (Å²) in [5.41, 5.74) is 3.54. The number of nitrogens with one attached hydrogen (secondary N) is 2. The van der Waals surface area contributed by atoms with E-state index in [1.165, 1.54) is 11.3 Å². The Hall–Kier alpha value is -3.08. The molecule has 2 aromatic carbocycles. The third kappa shape index (κ3) is 5.71. The molecule has 5 heteroatoms. The number of hydrogen-bond acceptors (Lipinski definition) is 5. The average Bonchev–Trinajstić information content (AvgIpc) is 2.66. The van der Waals surface area contributed by atoms with E-state index in [2.05, 4.69) is 74.0 Å². The normalized spacial score (nSPS) is 10.5. The number of anilines is 4. The molecule has 3 rings (SSSR count). The zero-order valence-corrected chi connectivity index (χ0v) is 16.2. The molecule has 1 heterocycles. The SMILES string of the molecule is Cc1nc(NCCCc2ccccc2)cc(Nc2ccc(N(C)C)cc2)n1. The average molecular weight is 361 g/mol. The van der Waals surface area contributed by atoms with Crippen LogP contribution in [0.1, 0.15) is 17.8 Å². The minimum atomic E-state index is 0.746. The Kier molecular flexibility index (Phi) is 6.26. The molecule has 0 radical (unpaired) electrons. The molecule has 0 bridgehead atoms. The summed E-state index contributed by atoms with van der Waals surface area (Å²) in [5.74, 6) is 2.39. The van der Waals surface area contributed by atoms with E-state index in [-0.39, 0.29) is 0 Å². The monoisotopic (exact) mass is 361 g/mol. The van der Waals surface area contributed by atoms with Crippen LogP contribution in [0.3, 0.4) is 0 Å². The molecular weight excluding hydrogens is 334 g/mol. The molecule has 5 nitrogen and oxygen atoms in total. The molecule has 0 saturated carbocycles. The van der Waals surface area contributed by atoms with Crippen LogP contribution in [-0.4, -0.2) is 30.6 Å². The maximum absolute atomic E-state index is 4.49. The quantitative estimate of drug-likeness (QED) is 0.573. The van der Waals surface area contributed by atoms with Crippen molar-refractivity contribution in [1.29, 1.82) is 0 Å². The van der Waals surface area contributed by atoms with Gasteiger partial charge in [0.1, 0.15) is 17.5 Å². The van der Waals surface area contributed by atoms with Gasteiger partial charge in [-0.05, 0) is 49.6 Å². The van der Waals surface area contributed by atoms with Crippen LogP contribution in [0.15, 0.2) is 60.7 Å². The Morgan fingerprint density at radius 2 is 1.59 bits per heavy atom. The first kappa shape index (κ1) is 18.7. The van der Waals surface area contributed by atoms with Crippen molar-refractivity contribution >= 4 is 23.0 Å². The Balaban J connectivity index is 1.57. The summed E-state index contributed by atoms with van der Waals surface area (Å²) in [7, 11) is 4.07. The van der Waals surface area contributed by atoms with Crippen molar-refractivity contribution in [2.24, 2.45) is 0 Å². The van der Waals surface area contributed by atoms with Crippen LogP contribution in [-0.2, 0) is 6.42 Å². The molecule has 2 N–H and O–H groups in total. The van der Waals surface area contributed by atoms with E-state index in [0.29, 0.717) is 0 Å². The summed E-state index contributed by atoms with van der Waals surface area (Å²) in [4.78, 5) is 11.1. The Morgan fingerprint density at radius 1 is 0.889 bits per heavy atom. The summed E-state index contributed by atoms with van der Waals surface area (Å²) < 4.78 is 0. The number of aromatic nitrogens is 2. The topological polar surface area (TPSA) is 53.1 Å². The summed E-state index contributed by atoms with van der Waals surface area (Å²) in [6.07, 6.45) is 2.11. The largest absolute Gasteiger partial charge is 0.378 e. The zero-order chi connectivity index (χ0) is 19.1. The van der Waals surface area contributed by atoms with E-state index in [1.54, 1.807) is 0 Å².